The van der Waals surface area contributed by atoms with Gasteiger partial charge in [-0.2, -0.15) is 0 Å². The number of benzene rings is 1. The molecule has 0 heterocycles. The molecule has 0 aliphatic heterocycles. The van der Waals surface area contributed by atoms with Gasteiger partial charge in [-0.05, 0) is 54.2 Å². The summed E-state index contributed by atoms with van der Waals surface area (Å²) in [6.07, 6.45) is 2.44. The van der Waals surface area contributed by atoms with Gasteiger partial charge in [0.05, 0.1) is 0 Å². The van der Waals surface area contributed by atoms with Crippen molar-refractivity contribution in [3.63, 3.8) is 0 Å². The van der Waals surface area contributed by atoms with E-state index in [1.54, 1.807) is 0 Å². The average molecular weight is 332 g/mol. The SMILES string of the molecule is CCC(C)N(CC)Cc1ccc(C(CC(C)(C)C)C(C)(C)C)cc1. The molecule has 0 radical (unpaired) electrons. The zero-order chi connectivity index (χ0) is 18.5. The van der Waals surface area contributed by atoms with Crippen molar-refractivity contribution in [2.75, 3.05) is 6.54 Å². The number of rotatable bonds is 7. The van der Waals surface area contributed by atoms with Crippen molar-refractivity contribution in [2.24, 2.45) is 10.8 Å². The first-order chi connectivity index (χ1) is 11.0. The summed E-state index contributed by atoms with van der Waals surface area (Å²) in [6.45, 7) is 23.2. The highest BCUT2D eigenvalue weighted by molar-refractivity contribution is 5.27. The lowest BCUT2D eigenvalue weighted by Crippen LogP contribution is -2.31. The van der Waals surface area contributed by atoms with E-state index in [0.717, 1.165) is 13.1 Å². The first kappa shape index (κ1) is 21.2. The Bertz CT molecular complexity index is 472. The lowest BCUT2D eigenvalue weighted by Gasteiger charge is -2.36. The Morgan fingerprint density at radius 2 is 1.46 bits per heavy atom. The Balaban J connectivity index is 2.94. The summed E-state index contributed by atoms with van der Waals surface area (Å²) in [7, 11) is 0. The van der Waals surface area contributed by atoms with E-state index in [2.05, 4.69) is 91.5 Å². The van der Waals surface area contributed by atoms with Crippen LogP contribution in [0.5, 0.6) is 0 Å². The van der Waals surface area contributed by atoms with Gasteiger partial charge in [0.25, 0.3) is 0 Å². The first-order valence-corrected chi connectivity index (χ1v) is 9.80. The van der Waals surface area contributed by atoms with Gasteiger partial charge in [0, 0.05) is 12.6 Å². The fourth-order valence-electron chi connectivity index (χ4n) is 3.46. The van der Waals surface area contributed by atoms with Crippen LogP contribution in [0.3, 0.4) is 0 Å². The summed E-state index contributed by atoms with van der Waals surface area (Å²) in [5.74, 6) is 0.600. The molecule has 0 aliphatic rings. The van der Waals surface area contributed by atoms with Gasteiger partial charge in [-0.1, -0.05) is 79.7 Å². The average Bonchev–Trinajstić information content (AvgIpc) is 2.48. The number of hydrogen-bond donors (Lipinski definition) is 0. The molecule has 0 amide bonds. The molecule has 2 unspecified atom stereocenters. The van der Waals surface area contributed by atoms with Gasteiger partial charge in [-0.15, -0.1) is 0 Å². The largest absolute Gasteiger partial charge is 0.297 e. The molecule has 24 heavy (non-hydrogen) atoms. The Labute approximate surface area is 151 Å². The van der Waals surface area contributed by atoms with Crippen LogP contribution >= 0.6 is 0 Å². The molecule has 0 spiro atoms. The highest BCUT2D eigenvalue weighted by Gasteiger charge is 2.30. The van der Waals surface area contributed by atoms with E-state index < -0.39 is 0 Å². The van der Waals surface area contributed by atoms with Crippen molar-refractivity contribution in [3.05, 3.63) is 35.4 Å². The summed E-state index contributed by atoms with van der Waals surface area (Å²) in [6, 6.07) is 10.1. The third-order valence-corrected chi connectivity index (χ3v) is 5.25. The van der Waals surface area contributed by atoms with Crippen LogP contribution in [0.15, 0.2) is 24.3 Å². The molecule has 0 saturated carbocycles. The highest BCUT2D eigenvalue weighted by atomic mass is 15.1. The molecule has 0 aliphatic carbocycles. The van der Waals surface area contributed by atoms with Crippen LogP contribution < -0.4 is 0 Å². The van der Waals surface area contributed by atoms with Gasteiger partial charge >= 0.3 is 0 Å². The first-order valence-electron chi connectivity index (χ1n) is 9.80. The molecule has 138 valence electrons. The zero-order valence-corrected chi connectivity index (χ0v) is 17.7. The van der Waals surface area contributed by atoms with Crippen molar-refractivity contribution in [1.29, 1.82) is 0 Å². The normalized spacial score (nSPS) is 15.6. The maximum absolute atomic E-state index is 2.56. The van der Waals surface area contributed by atoms with Crippen LogP contribution in [0, 0.1) is 10.8 Å². The molecule has 0 bridgehead atoms. The molecule has 1 nitrogen and oxygen atoms in total. The molecule has 1 aromatic rings. The van der Waals surface area contributed by atoms with Crippen molar-refractivity contribution in [3.8, 4) is 0 Å². The fraction of sp³-hybridized carbons (Fsp3) is 0.739. The third-order valence-electron chi connectivity index (χ3n) is 5.25. The van der Waals surface area contributed by atoms with Crippen LogP contribution in [0.25, 0.3) is 0 Å². The second kappa shape index (κ2) is 8.52. The zero-order valence-electron chi connectivity index (χ0n) is 17.7. The van der Waals surface area contributed by atoms with Crippen LogP contribution in [-0.4, -0.2) is 17.5 Å². The van der Waals surface area contributed by atoms with Gasteiger partial charge in [0.15, 0.2) is 0 Å². The smallest absolute Gasteiger partial charge is 0.0236 e. The van der Waals surface area contributed by atoms with Gasteiger partial charge in [0.2, 0.25) is 0 Å². The van der Waals surface area contributed by atoms with Crippen molar-refractivity contribution < 1.29 is 0 Å². The molecule has 2 atom stereocenters. The van der Waals surface area contributed by atoms with Crippen LogP contribution in [-0.2, 0) is 6.54 Å². The van der Waals surface area contributed by atoms with E-state index in [4.69, 9.17) is 0 Å². The molecule has 1 heteroatoms. The molecular weight excluding hydrogens is 290 g/mol. The monoisotopic (exact) mass is 331 g/mol. The summed E-state index contributed by atoms with van der Waals surface area (Å²) >= 11 is 0. The minimum atomic E-state index is 0.293. The summed E-state index contributed by atoms with van der Waals surface area (Å²) in [5, 5.41) is 0. The lowest BCUT2D eigenvalue weighted by atomic mass is 9.69. The summed E-state index contributed by atoms with van der Waals surface area (Å²) in [5.41, 5.74) is 3.57. The number of hydrogen-bond acceptors (Lipinski definition) is 1. The maximum atomic E-state index is 2.56. The highest BCUT2D eigenvalue weighted by Crippen LogP contribution is 2.43. The molecule has 0 saturated heterocycles. The van der Waals surface area contributed by atoms with E-state index in [0.29, 0.717) is 22.8 Å². The van der Waals surface area contributed by atoms with E-state index in [9.17, 15) is 0 Å². The van der Waals surface area contributed by atoms with Gasteiger partial charge in [-0.25, -0.2) is 0 Å². The molecule has 0 fully saturated rings. The Kier molecular flexibility index (Phi) is 7.53. The van der Waals surface area contributed by atoms with Gasteiger partial charge in [-0.3, -0.25) is 4.90 Å². The predicted molar refractivity (Wildman–Crippen MR) is 109 cm³/mol. The van der Waals surface area contributed by atoms with E-state index >= 15 is 0 Å². The second-order valence-corrected chi connectivity index (χ2v) is 9.75. The predicted octanol–water partition coefficient (Wildman–Crippen LogP) is 6.87. The third kappa shape index (κ3) is 6.59. The molecular formula is C23H41N. The van der Waals surface area contributed by atoms with Gasteiger partial charge < -0.3 is 0 Å². The lowest BCUT2D eigenvalue weighted by molar-refractivity contribution is 0.206. The van der Waals surface area contributed by atoms with Gasteiger partial charge in [0.1, 0.15) is 0 Å². The Morgan fingerprint density at radius 1 is 0.917 bits per heavy atom. The summed E-state index contributed by atoms with van der Waals surface area (Å²) in [4.78, 5) is 2.56. The van der Waals surface area contributed by atoms with Crippen LogP contribution in [0.2, 0.25) is 0 Å². The Morgan fingerprint density at radius 3 is 1.83 bits per heavy atom. The quantitative estimate of drug-likeness (QED) is 0.526. The van der Waals surface area contributed by atoms with E-state index in [1.165, 1.54) is 24.0 Å². The molecule has 0 aromatic heterocycles. The van der Waals surface area contributed by atoms with Crippen LogP contribution in [0.4, 0.5) is 0 Å². The number of nitrogens with zero attached hydrogens (tertiary/aromatic N) is 1. The van der Waals surface area contributed by atoms with E-state index in [1.807, 2.05) is 0 Å². The minimum Gasteiger partial charge on any atom is -0.297 e. The van der Waals surface area contributed by atoms with Crippen molar-refractivity contribution in [2.45, 2.75) is 93.7 Å². The topological polar surface area (TPSA) is 3.24 Å². The maximum Gasteiger partial charge on any atom is 0.0236 e. The molecule has 0 N–H and O–H groups in total. The van der Waals surface area contributed by atoms with Crippen LogP contribution in [0.1, 0.15) is 92.2 Å². The molecule has 1 aromatic carbocycles. The standard InChI is InChI=1S/C23H41N/c1-10-18(3)24(11-2)17-19-12-14-20(15-13-19)21(23(7,8)9)16-22(4,5)6/h12-15,18,21H,10-11,16-17H2,1-9H3. The van der Waals surface area contributed by atoms with Crippen molar-refractivity contribution >= 4 is 0 Å². The van der Waals surface area contributed by atoms with E-state index in [-0.39, 0.29) is 0 Å². The molecule has 1 rings (SSSR count). The summed E-state index contributed by atoms with van der Waals surface area (Å²) < 4.78 is 0. The second-order valence-electron chi connectivity index (χ2n) is 9.75. The fourth-order valence-corrected chi connectivity index (χ4v) is 3.46. The minimum absolute atomic E-state index is 0.293. The Hall–Kier alpha value is -0.820. The van der Waals surface area contributed by atoms with Crippen molar-refractivity contribution in [1.82, 2.24) is 4.90 Å².